The second-order valence-electron chi connectivity index (χ2n) is 5.94. The molecule has 0 amide bonds. The zero-order valence-corrected chi connectivity index (χ0v) is 13.7. The van der Waals surface area contributed by atoms with Gasteiger partial charge in [-0.2, -0.15) is 0 Å². The molecule has 0 aliphatic heterocycles. The number of ether oxygens (including phenoxy) is 1. The number of nitro benzene ring substituents is 1. The molecule has 1 aromatic carbocycles. The van der Waals surface area contributed by atoms with E-state index in [-0.39, 0.29) is 16.9 Å². The lowest BCUT2D eigenvalue weighted by molar-refractivity contribution is -0.386. The topological polar surface area (TPSA) is 72.6 Å². The molecule has 0 unspecified atom stereocenters. The van der Waals surface area contributed by atoms with Gasteiger partial charge < -0.3 is 9.84 Å². The van der Waals surface area contributed by atoms with Gasteiger partial charge in [0.1, 0.15) is 0 Å². The largest absolute Gasteiger partial charge is 0.487 e. The Morgan fingerprint density at radius 3 is 2.50 bits per heavy atom. The molecule has 20 heavy (non-hydrogen) atoms. The molecule has 0 saturated heterocycles. The highest BCUT2D eigenvalue weighted by atomic mass is 79.9. The number of aliphatic hydroxyl groups is 1. The first-order chi connectivity index (χ1) is 9.11. The van der Waals surface area contributed by atoms with Crippen LogP contribution in [0.2, 0.25) is 0 Å². The van der Waals surface area contributed by atoms with Crippen molar-refractivity contribution in [3.63, 3.8) is 0 Å². The molecule has 0 spiro atoms. The van der Waals surface area contributed by atoms with Crippen LogP contribution in [-0.2, 0) is 0 Å². The van der Waals surface area contributed by atoms with E-state index in [0.29, 0.717) is 16.6 Å². The van der Waals surface area contributed by atoms with Gasteiger partial charge in [0.05, 0.1) is 17.6 Å². The number of benzene rings is 1. The van der Waals surface area contributed by atoms with Crippen LogP contribution in [0.5, 0.6) is 5.75 Å². The van der Waals surface area contributed by atoms with Crippen molar-refractivity contribution in [1.82, 2.24) is 0 Å². The van der Waals surface area contributed by atoms with Crippen LogP contribution in [0, 0.1) is 15.5 Å². The fourth-order valence-corrected chi connectivity index (χ4v) is 2.13. The second kappa shape index (κ2) is 6.54. The van der Waals surface area contributed by atoms with Crippen LogP contribution in [0.1, 0.15) is 45.8 Å². The Morgan fingerprint density at radius 2 is 2.05 bits per heavy atom. The third-order valence-corrected chi connectivity index (χ3v) is 3.27. The van der Waals surface area contributed by atoms with Crippen LogP contribution in [-0.4, -0.2) is 16.6 Å². The molecule has 0 saturated carbocycles. The lowest BCUT2D eigenvalue weighted by Gasteiger charge is -2.19. The summed E-state index contributed by atoms with van der Waals surface area (Å²) < 4.78 is 6.14. The Bertz CT molecular complexity index is 495. The van der Waals surface area contributed by atoms with Crippen molar-refractivity contribution in [1.29, 1.82) is 0 Å². The van der Waals surface area contributed by atoms with Gasteiger partial charge in [0.2, 0.25) is 5.75 Å². The molecule has 1 atom stereocenters. The molecule has 6 heteroatoms. The molecule has 1 rings (SSSR count). The average Bonchev–Trinajstić information content (AvgIpc) is 2.28. The Kier molecular flexibility index (Phi) is 5.53. The van der Waals surface area contributed by atoms with Gasteiger partial charge in [-0.3, -0.25) is 10.1 Å². The number of hydrogen-bond acceptors (Lipinski definition) is 4. The lowest BCUT2D eigenvalue weighted by atomic mass is 9.93. The summed E-state index contributed by atoms with van der Waals surface area (Å²) in [5.74, 6) is 0.150. The van der Waals surface area contributed by atoms with Crippen molar-refractivity contribution in [3.05, 3.63) is 32.3 Å². The second-order valence-corrected chi connectivity index (χ2v) is 6.85. The van der Waals surface area contributed by atoms with Gasteiger partial charge in [0.15, 0.2) is 0 Å². The Morgan fingerprint density at radius 1 is 1.45 bits per heavy atom. The molecule has 5 nitrogen and oxygen atoms in total. The maximum absolute atomic E-state index is 11.1. The van der Waals surface area contributed by atoms with Crippen molar-refractivity contribution < 1.29 is 14.8 Å². The smallest absolute Gasteiger partial charge is 0.312 e. The van der Waals surface area contributed by atoms with Crippen molar-refractivity contribution in [2.75, 3.05) is 6.61 Å². The van der Waals surface area contributed by atoms with Crippen LogP contribution < -0.4 is 4.74 Å². The van der Waals surface area contributed by atoms with Crippen LogP contribution in [0.15, 0.2) is 16.6 Å². The number of nitrogens with zero attached hydrogens (tertiary/aromatic N) is 1. The van der Waals surface area contributed by atoms with Gasteiger partial charge in [0, 0.05) is 16.1 Å². The highest BCUT2D eigenvalue weighted by Crippen LogP contribution is 2.38. The molecule has 0 radical (unpaired) electrons. The van der Waals surface area contributed by atoms with Gasteiger partial charge >= 0.3 is 5.69 Å². The molecule has 0 bridgehead atoms. The molecular formula is C14H20BrNO4. The van der Waals surface area contributed by atoms with E-state index in [1.165, 1.54) is 6.07 Å². The molecule has 0 fully saturated rings. The summed E-state index contributed by atoms with van der Waals surface area (Å²) in [5, 5.41) is 20.9. The van der Waals surface area contributed by atoms with E-state index in [1.54, 1.807) is 13.0 Å². The number of aliphatic hydroxyl groups excluding tert-OH is 1. The van der Waals surface area contributed by atoms with Crippen molar-refractivity contribution in [2.24, 2.45) is 5.41 Å². The van der Waals surface area contributed by atoms with Crippen LogP contribution in [0.3, 0.4) is 0 Å². The van der Waals surface area contributed by atoms with Crippen LogP contribution in [0.4, 0.5) is 5.69 Å². The van der Waals surface area contributed by atoms with Gasteiger partial charge in [-0.05, 0) is 24.8 Å². The van der Waals surface area contributed by atoms with E-state index >= 15 is 0 Å². The zero-order valence-electron chi connectivity index (χ0n) is 12.1. The summed E-state index contributed by atoms with van der Waals surface area (Å²) in [6.07, 6.45) is -0.0738. The molecular weight excluding hydrogens is 326 g/mol. The van der Waals surface area contributed by atoms with E-state index in [1.807, 2.05) is 0 Å². The quantitative estimate of drug-likeness (QED) is 0.640. The molecule has 0 aliphatic carbocycles. The predicted octanol–water partition coefficient (Wildman–Crippen LogP) is 4.23. The highest BCUT2D eigenvalue weighted by molar-refractivity contribution is 9.10. The van der Waals surface area contributed by atoms with E-state index in [9.17, 15) is 15.2 Å². The molecule has 112 valence electrons. The maximum atomic E-state index is 11.1. The first kappa shape index (κ1) is 16.9. The average molecular weight is 346 g/mol. The predicted molar refractivity (Wildman–Crippen MR) is 81.0 cm³/mol. The maximum Gasteiger partial charge on any atom is 0.312 e. The first-order valence-corrected chi connectivity index (χ1v) is 7.20. The van der Waals surface area contributed by atoms with Crippen molar-refractivity contribution >= 4 is 21.6 Å². The molecule has 0 heterocycles. The zero-order chi connectivity index (χ0) is 15.5. The standard InChI is InChI=1S/C14H20BrNO4/c1-9(17)11-7-10(15)8-12(16(18)19)13(11)20-6-5-14(2,3)4/h7-9,17H,5-6H2,1-4H3/t9-/m1/s1. The third kappa shape index (κ3) is 4.76. The fourth-order valence-electron chi connectivity index (χ4n) is 1.66. The minimum Gasteiger partial charge on any atom is -0.487 e. The lowest BCUT2D eigenvalue weighted by Crippen LogP contribution is -2.13. The Balaban J connectivity index is 3.10. The summed E-state index contributed by atoms with van der Waals surface area (Å²) in [6, 6.07) is 3.03. The Labute approximate surface area is 127 Å². The Hall–Kier alpha value is -1.14. The first-order valence-electron chi connectivity index (χ1n) is 6.40. The fraction of sp³-hybridized carbons (Fsp3) is 0.571. The van der Waals surface area contributed by atoms with E-state index in [2.05, 4.69) is 36.7 Å². The summed E-state index contributed by atoms with van der Waals surface area (Å²) in [5.41, 5.74) is 0.360. The van der Waals surface area contributed by atoms with Gasteiger partial charge in [0.25, 0.3) is 0 Å². The number of hydrogen-bond donors (Lipinski definition) is 1. The third-order valence-electron chi connectivity index (χ3n) is 2.81. The van der Waals surface area contributed by atoms with Crippen LogP contribution in [0.25, 0.3) is 0 Å². The van der Waals surface area contributed by atoms with Crippen molar-refractivity contribution in [2.45, 2.75) is 40.2 Å². The monoisotopic (exact) mass is 345 g/mol. The number of rotatable bonds is 5. The van der Waals surface area contributed by atoms with Crippen LogP contribution >= 0.6 is 15.9 Å². The van der Waals surface area contributed by atoms with E-state index in [4.69, 9.17) is 4.74 Å². The summed E-state index contributed by atoms with van der Waals surface area (Å²) >= 11 is 3.21. The minimum atomic E-state index is -0.837. The van der Waals surface area contributed by atoms with E-state index < -0.39 is 11.0 Å². The van der Waals surface area contributed by atoms with Gasteiger partial charge in [-0.25, -0.2) is 0 Å². The molecule has 1 N–H and O–H groups in total. The SMILES string of the molecule is C[C@@H](O)c1cc(Br)cc([N+](=O)[O-])c1OCCC(C)(C)C. The number of nitro groups is 1. The normalized spacial score (nSPS) is 13.1. The molecule has 0 aromatic heterocycles. The minimum absolute atomic E-state index is 0.0785. The number of halogens is 1. The summed E-state index contributed by atoms with van der Waals surface area (Å²) in [4.78, 5) is 10.6. The van der Waals surface area contributed by atoms with E-state index in [0.717, 1.165) is 6.42 Å². The molecule has 1 aromatic rings. The van der Waals surface area contributed by atoms with Gasteiger partial charge in [-0.15, -0.1) is 0 Å². The van der Waals surface area contributed by atoms with Gasteiger partial charge in [-0.1, -0.05) is 36.7 Å². The summed E-state index contributed by atoms with van der Waals surface area (Å²) in [7, 11) is 0. The van der Waals surface area contributed by atoms with Crippen molar-refractivity contribution in [3.8, 4) is 5.75 Å². The summed E-state index contributed by atoms with van der Waals surface area (Å²) in [6.45, 7) is 8.14. The molecule has 0 aliphatic rings. The highest BCUT2D eigenvalue weighted by Gasteiger charge is 2.23.